The summed E-state index contributed by atoms with van der Waals surface area (Å²) in [6, 6.07) is 5.93. The van der Waals surface area contributed by atoms with E-state index in [0.29, 0.717) is 15.6 Å². The van der Waals surface area contributed by atoms with Crippen LogP contribution >= 0.6 is 11.3 Å². The molecule has 1 atom stereocenters. The van der Waals surface area contributed by atoms with Crippen LogP contribution in [-0.2, 0) is 16.8 Å². The fraction of sp³-hybridized carbons (Fsp3) is 0.0909. The lowest BCUT2D eigenvalue weighted by Gasteiger charge is -2.01. The van der Waals surface area contributed by atoms with E-state index >= 15 is 0 Å². The summed E-state index contributed by atoms with van der Waals surface area (Å²) in [5.41, 5.74) is 0.308. The number of anilines is 1. The molecule has 0 fully saturated rings. The van der Waals surface area contributed by atoms with E-state index < -0.39 is 17.0 Å². The van der Waals surface area contributed by atoms with Gasteiger partial charge in [-0.3, -0.25) is 10.1 Å². The third kappa shape index (κ3) is 3.85. The van der Waals surface area contributed by atoms with Crippen molar-refractivity contribution in [2.24, 2.45) is 0 Å². The Morgan fingerprint density at radius 1 is 1.47 bits per heavy atom. The molecule has 0 saturated heterocycles. The Hall–Kier alpha value is -1.77. The van der Waals surface area contributed by atoms with Gasteiger partial charge in [-0.2, -0.15) is 0 Å². The maximum absolute atomic E-state index is 11.8. The number of carbonyl (C=O) groups excluding carboxylic acids is 1. The number of nitrogens with zero attached hydrogens (tertiary/aromatic N) is 1. The van der Waals surface area contributed by atoms with Crippen molar-refractivity contribution < 1.29 is 18.7 Å². The molecule has 0 aliphatic carbocycles. The fourth-order valence-electron chi connectivity index (χ4n) is 1.37. The first-order valence-corrected chi connectivity index (χ1v) is 7.26. The third-order valence-corrected chi connectivity index (χ3v) is 3.80. The summed E-state index contributed by atoms with van der Waals surface area (Å²) in [7, 11) is 0. The topological polar surface area (TPSA) is 99.5 Å². The first-order chi connectivity index (χ1) is 9.04. The fourth-order valence-corrected chi connectivity index (χ4v) is 2.83. The van der Waals surface area contributed by atoms with Gasteiger partial charge in [0.1, 0.15) is 5.75 Å². The maximum atomic E-state index is 11.8. The summed E-state index contributed by atoms with van der Waals surface area (Å²) in [4.78, 5) is 16.4. The summed E-state index contributed by atoms with van der Waals surface area (Å²) >= 11 is -0.801. The van der Waals surface area contributed by atoms with Crippen LogP contribution in [0.1, 0.15) is 15.2 Å². The second kappa shape index (κ2) is 5.91. The molecule has 0 bridgehead atoms. The molecule has 2 rings (SSSR count). The largest absolute Gasteiger partial charge is 0.508 e. The molecule has 1 heterocycles. The number of nitrogens with one attached hydrogen (secondary N) is 1. The molecule has 100 valence electrons. The standard InChI is InChI=1S/C11H10N2O4S2/c14-8-3-1-2-7(4-8)10(15)13-11-12-5-9(18-11)6-19(16)17/h1-5,14H,6H2,(H,16,17)(H,12,13,15). The van der Waals surface area contributed by atoms with E-state index in [9.17, 15) is 14.1 Å². The molecule has 0 aliphatic rings. The number of carbonyl (C=O) groups is 1. The lowest BCUT2D eigenvalue weighted by atomic mass is 10.2. The molecule has 1 aromatic carbocycles. The minimum atomic E-state index is -1.93. The molecule has 3 N–H and O–H groups in total. The average Bonchev–Trinajstić information content (AvgIpc) is 2.75. The van der Waals surface area contributed by atoms with Gasteiger partial charge in [0, 0.05) is 16.6 Å². The van der Waals surface area contributed by atoms with E-state index in [0.717, 1.165) is 11.3 Å². The number of amides is 1. The molecule has 0 radical (unpaired) electrons. The Balaban J connectivity index is 2.06. The highest BCUT2D eigenvalue weighted by atomic mass is 32.2. The monoisotopic (exact) mass is 298 g/mol. The van der Waals surface area contributed by atoms with Crippen LogP contribution in [-0.4, -0.2) is 24.8 Å². The molecule has 0 saturated carbocycles. The summed E-state index contributed by atoms with van der Waals surface area (Å²) in [6.45, 7) is 0. The third-order valence-electron chi connectivity index (χ3n) is 2.15. The summed E-state index contributed by atoms with van der Waals surface area (Å²) < 4.78 is 19.4. The zero-order valence-corrected chi connectivity index (χ0v) is 11.2. The summed E-state index contributed by atoms with van der Waals surface area (Å²) in [6.07, 6.45) is 1.44. The SMILES string of the molecule is O=C(Nc1ncc(CS(=O)O)s1)c1cccc(O)c1. The van der Waals surface area contributed by atoms with Gasteiger partial charge in [-0.15, -0.1) is 11.3 Å². The van der Waals surface area contributed by atoms with E-state index in [2.05, 4.69) is 10.3 Å². The van der Waals surface area contributed by atoms with Crippen LogP contribution in [0.15, 0.2) is 30.5 Å². The Kier molecular flexibility index (Phi) is 4.25. The molecule has 1 amide bonds. The van der Waals surface area contributed by atoms with Crippen molar-refractivity contribution >= 4 is 33.5 Å². The van der Waals surface area contributed by atoms with Crippen LogP contribution in [0.25, 0.3) is 0 Å². The van der Waals surface area contributed by atoms with Crippen LogP contribution in [0.3, 0.4) is 0 Å². The van der Waals surface area contributed by atoms with Crippen molar-refractivity contribution in [1.82, 2.24) is 4.98 Å². The Morgan fingerprint density at radius 2 is 2.26 bits per heavy atom. The Morgan fingerprint density at radius 3 is 2.95 bits per heavy atom. The highest BCUT2D eigenvalue weighted by Crippen LogP contribution is 2.20. The number of aromatic nitrogens is 1. The summed E-state index contributed by atoms with van der Waals surface area (Å²) in [5, 5.41) is 12.2. The van der Waals surface area contributed by atoms with Crippen LogP contribution in [0.2, 0.25) is 0 Å². The van der Waals surface area contributed by atoms with E-state index in [1.54, 1.807) is 12.1 Å². The van der Waals surface area contributed by atoms with Crippen molar-refractivity contribution in [3.8, 4) is 5.75 Å². The molecule has 1 aromatic heterocycles. The van der Waals surface area contributed by atoms with E-state index in [4.69, 9.17) is 4.55 Å². The van der Waals surface area contributed by atoms with Crippen LogP contribution in [0.4, 0.5) is 5.13 Å². The van der Waals surface area contributed by atoms with Gasteiger partial charge in [0.2, 0.25) is 0 Å². The minimum absolute atomic E-state index is 0.00292. The number of rotatable bonds is 4. The molecule has 19 heavy (non-hydrogen) atoms. The predicted octanol–water partition coefficient (Wildman–Crippen LogP) is 1.82. The van der Waals surface area contributed by atoms with Gasteiger partial charge >= 0.3 is 0 Å². The minimum Gasteiger partial charge on any atom is -0.508 e. The second-order valence-electron chi connectivity index (χ2n) is 3.60. The number of aromatic hydroxyl groups is 1. The predicted molar refractivity (Wildman–Crippen MR) is 72.6 cm³/mol. The van der Waals surface area contributed by atoms with Crippen molar-refractivity contribution in [1.29, 1.82) is 0 Å². The van der Waals surface area contributed by atoms with Crippen LogP contribution in [0.5, 0.6) is 5.75 Å². The van der Waals surface area contributed by atoms with Gasteiger partial charge in [-0.05, 0) is 18.2 Å². The van der Waals surface area contributed by atoms with Gasteiger partial charge < -0.3 is 9.66 Å². The second-order valence-corrected chi connectivity index (χ2v) is 5.65. The highest BCUT2D eigenvalue weighted by molar-refractivity contribution is 7.78. The summed E-state index contributed by atoms with van der Waals surface area (Å²) in [5.74, 6) is -0.412. The molecule has 8 heteroatoms. The van der Waals surface area contributed by atoms with Crippen molar-refractivity contribution in [3.63, 3.8) is 0 Å². The smallest absolute Gasteiger partial charge is 0.257 e. The zero-order chi connectivity index (χ0) is 13.8. The number of hydrogen-bond donors (Lipinski definition) is 3. The maximum Gasteiger partial charge on any atom is 0.257 e. The zero-order valence-electron chi connectivity index (χ0n) is 9.57. The van der Waals surface area contributed by atoms with E-state index in [1.807, 2.05) is 0 Å². The van der Waals surface area contributed by atoms with Crippen molar-refractivity contribution in [2.45, 2.75) is 5.75 Å². The van der Waals surface area contributed by atoms with E-state index in [-0.39, 0.29) is 11.5 Å². The first kappa shape index (κ1) is 13.7. The molecule has 2 aromatic rings. The van der Waals surface area contributed by atoms with E-state index in [1.165, 1.54) is 18.3 Å². The lowest BCUT2D eigenvalue weighted by Crippen LogP contribution is -2.11. The Labute approximate surface area is 115 Å². The van der Waals surface area contributed by atoms with Crippen LogP contribution in [0, 0.1) is 0 Å². The molecule has 0 spiro atoms. The van der Waals surface area contributed by atoms with Gasteiger partial charge in [-0.1, -0.05) is 6.07 Å². The van der Waals surface area contributed by atoms with Gasteiger partial charge in [0.05, 0.1) is 5.75 Å². The van der Waals surface area contributed by atoms with Crippen LogP contribution < -0.4 is 5.32 Å². The van der Waals surface area contributed by atoms with Gasteiger partial charge in [-0.25, -0.2) is 9.19 Å². The normalized spacial score (nSPS) is 12.1. The quantitative estimate of drug-likeness (QED) is 0.748. The lowest BCUT2D eigenvalue weighted by molar-refractivity contribution is 0.102. The van der Waals surface area contributed by atoms with Crippen molar-refractivity contribution in [2.75, 3.05) is 5.32 Å². The number of hydrogen-bond acceptors (Lipinski definition) is 5. The molecule has 0 aliphatic heterocycles. The molecular formula is C11H10N2O4S2. The number of benzene rings is 1. The van der Waals surface area contributed by atoms with Gasteiger partial charge in [0.15, 0.2) is 16.2 Å². The average molecular weight is 298 g/mol. The number of phenolic OH excluding ortho intramolecular Hbond substituents is 1. The van der Waals surface area contributed by atoms with Gasteiger partial charge in [0.25, 0.3) is 5.91 Å². The number of thiazole rings is 1. The molecule has 1 unspecified atom stereocenters. The number of phenols is 1. The Bertz CT molecular complexity index is 627. The molecule has 6 nitrogen and oxygen atoms in total. The van der Waals surface area contributed by atoms with Crippen molar-refractivity contribution in [3.05, 3.63) is 40.9 Å². The molecular weight excluding hydrogens is 288 g/mol. The highest BCUT2D eigenvalue weighted by Gasteiger charge is 2.10. The first-order valence-electron chi connectivity index (χ1n) is 5.17.